The van der Waals surface area contributed by atoms with Crippen LogP contribution in [-0.4, -0.2) is 48.2 Å². The highest BCUT2D eigenvalue weighted by molar-refractivity contribution is 5.52. The van der Waals surface area contributed by atoms with Gasteiger partial charge in [-0.3, -0.25) is 10.1 Å². The van der Waals surface area contributed by atoms with E-state index in [1.165, 1.54) is 12.1 Å². The Bertz CT molecular complexity index is 684. The molecule has 0 amide bonds. The van der Waals surface area contributed by atoms with Gasteiger partial charge in [0.1, 0.15) is 0 Å². The topological polar surface area (TPSA) is 84.6 Å². The third-order valence-electron chi connectivity index (χ3n) is 3.81. The Labute approximate surface area is 133 Å². The summed E-state index contributed by atoms with van der Waals surface area (Å²) in [6, 6.07) is 8.36. The number of methoxy groups -OCH3 is 1. The van der Waals surface area contributed by atoms with E-state index in [-0.39, 0.29) is 10.6 Å². The molecule has 0 radical (unpaired) electrons. The van der Waals surface area contributed by atoms with Crippen LogP contribution in [-0.2, 0) is 0 Å². The van der Waals surface area contributed by atoms with Crippen LogP contribution in [0.1, 0.15) is 0 Å². The number of rotatable bonds is 4. The second-order valence-electron chi connectivity index (χ2n) is 5.15. The maximum Gasteiger partial charge on any atom is 0.269 e. The number of piperazine rings is 1. The van der Waals surface area contributed by atoms with E-state index < -0.39 is 0 Å². The molecule has 1 aliphatic rings. The summed E-state index contributed by atoms with van der Waals surface area (Å²) in [4.78, 5) is 23.2. The molecular weight excluding hydrogens is 298 g/mol. The Hall–Kier alpha value is -2.90. The number of anilines is 2. The van der Waals surface area contributed by atoms with Crippen molar-refractivity contribution in [2.24, 2.45) is 0 Å². The first kappa shape index (κ1) is 15.0. The summed E-state index contributed by atoms with van der Waals surface area (Å²) >= 11 is 0. The van der Waals surface area contributed by atoms with Crippen molar-refractivity contribution < 1.29 is 9.66 Å². The summed E-state index contributed by atoms with van der Waals surface area (Å²) in [7, 11) is 1.58. The summed E-state index contributed by atoms with van der Waals surface area (Å²) < 4.78 is 5.12. The predicted octanol–water partition coefficient (Wildman–Crippen LogP) is 1.72. The highest BCUT2D eigenvalue weighted by Gasteiger charge is 2.20. The van der Waals surface area contributed by atoms with Gasteiger partial charge in [0, 0.05) is 56.3 Å². The van der Waals surface area contributed by atoms with Crippen molar-refractivity contribution in [3.63, 3.8) is 0 Å². The number of ether oxygens (including phenoxy) is 1. The van der Waals surface area contributed by atoms with Crippen molar-refractivity contribution in [1.82, 2.24) is 9.97 Å². The van der Waals surface area contributed by atoms with Gasteiger partial charge in [0.05, 0.1) is 12.0 Å². The molecule has 0 saturated carbocycles. The van der Waals surface area contributed by atoms with Gasteiger partial charge in [-0.2, -0.15) is 4.98 Å². The molecule has 1 saturated heterocycles. The highest BCUT2D eigenvalue weighted by Crippen LogP contribution is 2.22. The van der Waals surface area contributed by atoms with Gasteiger partial charge < -0.3 is 14.5 Å². The first-order chi connectivity index (χ1) is 11.2. The Kier molecular flexibility index (Phi) is 4.22. The zero-order chi connectivity index (χ0) is 16.2. The lowest BCUT2D eigenvalue weighted by Gasteiger charge is -2.36. The minimum atomic E-state index is -0.387. The summed E-state index contributed by atoms with van der Waals surface area (Å²) in [6.45, 7) is 3.17. The summed E-state index contributed by atoms with van der Waals surface area (Å²) in [5.41, 5.74) is 1.10. The van der Waals surface area contributed by atoms with Crippen LogP contribution in [0.3, 0.4) is 0 Å². The Morgan fingerprint density at radius 3 is 2.35 bits per heavy atom. The SMILES string of the molecule is COc1ccnc(N2CCN(c3ccc([N+](=O)[O-])cc3)CC2)n1. The van der Waals surface area contributed by atoms with Gasteiger partial charge in [-0.05, 0) is 12.1 Å². The average molecular weight is 315 g/mol. The van der Waals surface area contributed by atoms with Crippen LogP contribution in [0.25, 0.3) is 0 Å². The first-order valence-electron chi connectivity index (χ1n) is 7.29. The molecule has 1 aromatic carbocycles. The number of hydrogen-bond acceptors (Lipinski definition) is 7. The molecule has 23 heavy (non-hydrogen) atoms. The minimum Gasteiger partial charge on any atom is -0.481 e. The van der Waals surface area contributed by atoms with Gasteiger partial charge in [-0.15, -0.1) is 0 Å². The smallest absolute Gasteiger partial charge is 0.269 e. The molecule has 0 spiro atoms. The molecule has 1 aromatic heterocycles. The quantitative estimate of drug-likeness (QED) is 0.627. The van der Waals surface area contributed by atoms with E-state index in [4.69, 9.17) is 4.74 Å². The number of nitro groups is 1. The monoisotopic (exact) mass is 315 g/mol. The number of non-ortho nitro benzene ring substituents is 1. The molecule has 0 unspecified atom stereocenters. The molecule has 0 bridgehead atoms. The van der Waals surface area contributed by atoms with Crippen molar-refractivity contribution in [3.8, 4) is 5.88 Å². The highest BCUT2D eigenvalue weighted by atomic mass is 16.6. The normalized spacial score (nSPS) is 14.7. The molecule has 2 aromatic rings. The number of aromatic nitrogens is 2. The Morgan fingerprint density at radius 1 is 1.09 bits per heavy atom. The number of nitro benzene ring substituents is 1. The zero-order valence-electron chi connectivity index (χ0n) is 12.8. The molecule has 2 heterocycles. The maximum absolute atomic E-state index is 10.7. The van der Waals surface area contributed by atoms with Crippen molar-refractivity contribution in [2.75, 3.05) is 43.1 Å². The number of nitrogens with zero attached hydrogens (tertiary/aromatic N) is 5. The molecule has 0 atom stereocenters. The van der Waals surface area contributed by atoms with Gasteiger partial charge in [0.25, 0.3) is 5.69 Å². The largest absolute Gasteiger partial charge is 0.481 e. The van der Waals surface area contributed by atoms with Crippen molar-refractivity contribution in [1.29, 1.82) is 0 Å². The van der Waals surface area contributed by atoms with Gasteiger partial charge in [0.15, 0.2) is 0 Å². The summed E-state index contributed by atoms with van der Waals surface area (Å²) in [6.07, 6.45) is 1.68. The van der Waals surface area contributed by atoms with Crippen molar-refractivity contribution >= 4 is 17.3 Å². The van der Waals surface area contributed by atoms with E-state index in [1.54, 1.807) is 31.5 Å². The van der Waals surface area contributed by atoms with E-state index >= 15 is 0 Å². The van der Waals surface area contributed by atoms with Crippen LogP contribution in [0.5, 0.6) is 5.88 Å². The summed E-state index contributed by atoms with van der Waals surface area (Å²) in [5, 5.41) is 10.7. The van der Waals surface area contributed by atoms with Gasteiger partial charge in [-0.1, -0.05) is 0 Å². The van der Waals surface area contributed by atoms with E-state index in [1.807, 2.05) is 0 Å². The van der Waals surface area contributed by atoms with E-state index in [0.29, 0.717) is 11.8 Å². The summed E-state index contributed by atoms with van der Waals surface area (Å²) in [5.74, 6) is 1.21. The Morgan fingerprint density at radius 2 is 1.74 bits per heavy atom. The molecule has 0 N–H and O–H groups in total. The standard InChI is InChI=1S/C15H17N5O3/c1-23-14-6-7-16-15(17-14)19-10-8-18(9-11-19)12-2-4-13(5-3-12)20(21)22/h2-7H,8-11H2,1H3. The van der Waals surface area contributed by atoms with E-state index in [2.05, 4.69) is 19.8 Å². The molecule has 1 fully saturated rings. The molecule has 8 nitrogen and oxygen atoms in total. The van der Waals surface area contributed by atoms with Gasteiger partial charge in [0.2, 0.25) is 11.8 Å². The van der Waals surface area contributed by atoms with Crippen molar-refractivity contribution in [2.45, 2.75) is 0 Å². The molecule has 1 aliphatic heterocycles. The van der Waals surface area contributed by atoms with Gasteiger partial charge >= 0.3 is 0 Å². The minimum absolute atomic E-state index is 0.108. The fraction of sp³-hybridized carbons (Fsp3) is 0.333. The molecule has 8 heteroatoms. The lowest BCUT2D eigenvalue weighted by molar-refractivity contribution is -0.384. The lowest BCUT2D eigenvalue weighted by atomic mass is 10.2. The van der Waals surface area contributed by atoms with Crippen molar-refractivity contribution in [3.05, 3.63) is 46.6 Å². The van der Waals surface area contributed by atoms with Crippen LogP contribution >= 0.6 is 0 Å². The van der Waals surface area contributed by atoms with Crippen LogP contribution in [0.15, 0.2) is 36.5 Å². The van der Waals surface area contributed by atoms with Crippen LogP contribution in [0, 0.1) is 10.1 Å². The predicted molar refractivity (Wildman–Crippen MR) is 86.1 cm³/mol. The molecule has 120 valence electrons. The molecule has 3 rings (SSSR count). The third kappa shape index (κ3) is 3.31. The second-order valence-corrected chi connectivity index (χ2v) is 5.15. The molecule has 0 aliphatic carbocycles. The second kappa shape index (κ2) is 6.47. The van der Waals surface area contributed by atoms with Crippen LogP contribution in [0.2, 0.25) is 0 Å². The third-order valence-corrected chi connectivity index (χ3v) is 3.81. The maximum atomic E-state index is 10.7. The zero-order valence-corrected chi connectivity index (χ0v) is 12.8. The van der Waals surface area contributed by atoms with Crippen LogP contribution < -0.4 is 14.5 Å². The first-order valence-corrected chi connectivity index (χ1v) is 7.29. The fourth-order valence-corrected chi connectivity index (χ4v) is 2.55. The fourth-order valence-electron chi connectivity index (χ4n) is 2.55. The Balaban J connectivity index is 1.64. The van der Waals surface area contributed by atoms with Gasteiger partial charge in [-0.25, -0.2) is 4.98 Å². The number of hydrogen-bond donors (Lipinski definition) is 0. The average Bonchev–Trinajstić information content (AvgIpc) is 2.62. The van der Waals surface area contributed by atoms with Crippen LogP contribution in [0.4, 0.5) is 17.3 Å². The molecular formula is C15H17N5O3. The number of benzene rings is 1. The lowest BCUT2D eigenvalue weighted by Crippen LogP contribution is -2.47. The van der Waals surface area contributed by atoms with E-state index in [0.717, 1.165) is 31.9 Å². The van der Waals surface area contributed by atoms with E-state index in [9.17, 15) is 10.1 Å².